The van der Waals surface area contributed by atoms with Gasteiger partial charge in [-0.2, -0.15) is 4.80 Å². The minimum atomic E-state index is 0.876. The molecule has 10 rings (SSSR count). The second kappa shape index (κ2) is 12.9. The lowest BCUT2D eigenvalue weighted by Gasteiger charge is -2.14. The zero-order valence-electron chi connectivity index (χ0n) is 28.9. The predicted molar refractivity (Wildman–Crippen MR) is 221 cm³/mol. The van der Waals surface area contributed by atoms with E-state index in [1.54, 1.807) is 4.80 Å². The zero-order valence-corrected chi connectivity index (χ0v) is 28.9. The van der Waals surface area contributed by atoms with Crippen molar-refractivity contribution in [1.82, 2.24) is 15.0 Å². The fourth-order valence-corrected chi connectivity index (χ4v) is 7.47. The molecule has 10 aromatic rings. The Morgan fingerprint density at radius 3 is 1.28 bits per heavy atom. The normalized spacial score (nSPS) is 11.4. The summed E-state index contributed by atoms with van der Waals surface area (Å²) < 4.78 is 0. The first-order chi connectivity index (χ1) is 26.2. The molecule has 0 unspecified atom stereocenters. The van der Waals surface area contributed by atoms with E-state index >= 15 is 0 Å². The Morgan fingerprint density at radius 2 is 0.717 bits per heavy atom. The van der Waals surface area contributed by atoms with E-state index in [9.17, 15) is 0 Å². The van der Waals surface area contributed by atoms with Crippen molar-refractivity contribution in [2.24, 2.45) is 0 Å². The van der Waals surface area contributed by atoms with E-state index in [0.717, 1.165) is 44.0 Å². The molecule has 0 saturated carbocycles. The summed E-state index contributed by atoms with van der Waals surface area (Å²) in [6.45, 7) is 0. The van der Waals surface area contributed by atoms with Gasteiger partial charge in [-0.25, -0.2) is 0 Å². The lowest BCUT2D eigenvalue weighted by molar-refractivity contribution is 0.766. The van der Waals surface area contributed by atoms with Crippen LogP contribution in [0.15, 0.2) is 200 Å². The number of fused-ring (bicyclic) bond motifs is 5. The minimum Gasteiger partial charge on any atom is -0.150 e. The number of nitrogens with zero attached hydrogens (tertiary/aromatic N) is 3. The summed E-state index contributed by atoms with van der Waals surface area (Å²) in [7, 11) is 0. The molecule has 0 N–H and O–H groups in total. The maximum absolute atomic E-state index is 5.03. The highest BCUT2D eigenvalue weighted by Crippen LogP contribution is 2.38. The molecule has 1 aromatic heterocycles. The van der Waals surface area contributed by atoms with Gasteiger partial charge in [-0.3, -0.25) is 0 Å². The second-order valence-corrected chi connectivity index (χ2v) is 13.5. The molecule has 0 spiro atoms. The molecular formula is C50H33N3. The first-order valence-electron chi connectivity index (χ1n) is 18.0. The Kier molecular flexibility index (Phi) is 7.47. The third kappa shape index (κ3) is 5.75. The maximum atomic E-state index is 5.03. The van der Waals surface area contributed by atoms with Crippen molar-refractivity contribution in [3.63, 3.8) is 0 Å². The van der Waals surface area contributed by atoms with Crippen molar-refractivity contribution in [3.8, 4) is 61.3 Å². The Morgan fingerprint density at radius 1 is 0.302 bits per heavy atom. The SMILES string of the molecule is c1ccc(-c2ccc(-c3cc(-c4ccc(-c5ccccc5)cc4)cc(-c4ccc5ccc6ccc7nn(-c8ccccc8)nc7c6c5c4)c3)cc2)cc1. The highest BCUT2D eigenvalue weighted by Gasteiger charge is 2.14. The standard InChI is InChI=1S/C50H33N3/c1-4-10-34(11-5-1)36-16-20-38(21-17-36)43-30-44(39-22-18-37(19-23-39)35-12-6-2-7-13-35)32-45(31-43)42-27-25-40-24-26-41-28-29-48-50(49(41)47(40)33-42)52-53(51-48)46-14-8-3-9-15-46/h1-33H. The second-order valence-electron chi connectivity index (χ2n) is 13.5. The number of rotatable bonds is 6. The van der Waals surface area contributed by atoms with Gasteiger partial charge in [0.15, 0.2) is 0 Å². The molecule has 0 aliphatic carbocycles. The van der Waals surface area contributed by atoms with Crippen molar-refractivity contribution in [1.29, 1.82) is 0 Å². The quantitative estimate of drug-likeness (QED) is 0.164. The zero-order chi connectivity index (χ0) is 35.1. The van der Waals surface area contributed by atoms with Gasteiger partial charge in [-0.05, 0) is 114 Å². The van der Waals surface area contributed by atoms with Gasteiger partial charge in [0.2, 0.25) is 0 Å². The van der Waals surface area contributed by atoms with E-state index in [1.165, 1.54) is 49.9 Å². The predicted octanol–water partition coefficient (Wildman–Crippen LogP) is 13.1. The average Bonchev–Trinajstić information content (AvgIpc) is 3.69. The summed E-state index contributed by atoms with van der Waals surface area (Å²) in [6, 6.07) is 71.5. The Hall–Kier alpha value is -7.10. The van der Waals surface area contributed by atoms with Crippen LogP contribution in [0.1, 0.15) is 0 Å². The molecule has 3 nitrogen and oxygen atoms in total. The highest BCUT2D eigenvalue weighted by molar-refractivity contribution is 6.19. The molecular weight excluding hydrogens is 643 g/mol. The van der Waals surface area contributed by atoms with Crippen LogP contribution in [-0.4, -0.2) is 15.0 Å². The van der Waals surface area contributed by atoms with Crippen LogP contribution in [0.5, 0.6) is 0 Å². The fourth-order valence-electron chi connectivity index (χ4n) is 7.47. The summed E-state index contributed by atoms with van der Waals surface area (Å²) in [6.07, 6.45) is 0. The highest BCUT2D eigenvalue weighted by atomic mass is 15.5. The number of hydrogen-bond acceptors (Lipinski definition) is 2. The van der Waals surface area contributed by atoms with Gasteiger partial charge in [-0.1, -0.05) is 158 Å². The summed E-state index contributed by atoms with van der Waals surface area (Å²) in [5.74, 6) is 0. The monoisotopic (exact) mass is 675 g/mol. The van der Waals surface area contributed by atoms with Gasteiger partial charge in [-0.15, -0.1) is 10.2 Å². The van der Waals surface area contributed by atoms with Crippen LogP contribution in [0.2, 0.25) is 0 Å². The summed E-state index contributed by atoms with van der Waals surface area (Å²) in [5.41, 5.74) is 14.6. The Balaban J connectivity index is 1.13. The first kappa shape index (κ1) is 30.7. The summed E-state index contributed by atoms with van der Waals surface area (Å²) >= 11 is 0. The van der Waals surface area contributed by atoms with Gasteiger partial charge in [0.1, 0.15) is 11.0 Å². The van der Waals surface area contributed by atoms with E-state index in [0.29, 0.717) is 0 Å². The van der Waals surface area contributed by atoms with Crippen LogP contribution < -0.4 is 0 Å². The van der Waals surface area contributed by atoms with E-state index in [2.05, 4.69) is 170 Å². The van der Waals surface area contributed by atoms with Gasteiger partial charge in [0.05, 0.1) is 5.69 Å². The van der Waals surface area contributed by atoms with Crippen LogP contribution in [0.3, 0.4) is 0 Å². The number of para-hydroxylation sites is 1. The molecule has 0 aliphatic rings. The van der Waals surface area contributed by atoms with Crippen molar-refractivity contribution in [3.05, 3.63) is 200 Å². The van der Waals surface area contributed by atoms with Crippen molar-refractivity contribution in [2.75, 3.05) is 0 Å². The Bertz CT molecular complexity index is 2790. The number of aromatic nitrogens is 3. The molecule has 9 aromatic carbocycles. The van der Waals surface area contributed by atoms with E-state index in [-0.39, 0.29) is 0 Å². The molecule has 0 radical (unpaired) electrons. The molecule has 53 heavy (non-hydrogen) atoms. The van der Waals surface area contributed by atoms with Crippen LogP contribution in [0.4, 0.5) is 0 Å². The van der Waals surface area contributed by atoms with E-state index in [1.807, 2.05) is 30.3 Å². The number of benzene rings is 9. The number of hydrogen-bond donors (Lipinski definition) is 0. The molecule has 1 heterocycles. The molecule has 0 saturated heterocycles. The van der Waals surface area contributed by atoms with E-state index < -0.39 is 0 Å². The topological polar surface area (TPSA) is 30.7 Å². The lowest BCUT2D eigenvalue weighted by Crippen LogP contribution is -1.97. The van der Waals surface area contributed by atoms with E-state index in [4.69, 9.17) is 10.2 Å². The Labute approximate surface area is 308 Å². The van der Waals surface area contributed by atoms with Crippen LogP contribution >= 0.6 is 0 Å². The minimum absolute atomic E-state index is 0.876. The van der Waals surface area contributed by atoms with Crippen LogP contribution in [0, 0.1) is 0 Å². The summed E-state index contributed by atoms with van der Waals surface area (Å²) in [4.78, 5) is 1.74. The molecule has 248 valence electrons. The summed E-state index contributed by atoms with van der Waals surface area (Å²) in [5, 5.41) is 14.5. The van der Waals surface area contributed by atoms with Gasteiger partial charge in [0, 0.05) is 5.39 Å². The van der Waals surface area contributed by atoms with Crippen LogP contribution in [-0.2, 0) is 0 Å². The molecule has 0 bridgehead atoms. The van der Waals surface area contributed by atoms with Gasteiger partial charge in [0.25, 0.3) is 0 Å². The first-order valence-corrected chi connectivity index (χ1v) is 18.0. The molecule has 0 fully saturated rings. The van der Waals surface area contributed by atoms with Gasteiger partial charge < -0.3 is 0 Å². The molecule has 0 amide bonds. The smallest absolute Gasteiger partial charge is 0.122 e. The average molecular weight is 676 g/mol. The fraction of sp³-hybridized carbons (Fsp3) is 0. The third-order valence-corrected chi connectivity index (χ3v) is 10.3. The largest absolute Gasteiger partial charge is 0.150 e. The third-order valence-electron chi connectivity index (χ3n) is 10.3. The van der Waals surface area contributed by atoms with Gasteiger partial charge >= 0.3 is 0 Å². The molecule has 3 heteroatoms. The molecule has 0 atom stereocenters. The van der Waals surface area contributed by atoms with Crippen molar-refractivity contribution < 1.29 is 0 Å². The maximum Gasteiger partial charge on any atom is 0.122 e. The van der Waals surface area contributed by atoms with Crippen LogP contribution in [0.25, 0.3) is 93.9 Å². The van der Waals surface area contributed by atoms with Crippen molar-refractivity contribution >= 4 is 32.6 Å². The molecule has 0 aliphatic heterocycles. The van der Waals surface area contributed by atoms with Crippen molar-refractivity contribution in [2.45, 2.75) is 0 Å². The lowest BCUT2D eigenvalue weighted by atomic mass is 9.91.